The molecule has 0 radical (unpaired) electrons. The van der Waals surface area contributed by atoms with E-state index >= 15 is 0 Å². The molecule has 2 aliphatic heterocycles. The van der Waals surface area contributed by atoms with Gasteiger partial charge in [0.15, 0.2) is 0 Å². The quantitative estimate of drug-likeness (QED) is 0.479. The maximum atomic E-state index is 13.6. The number of β-amino-alcohol motifs (C(OH)–C–C–N with tert-alkyl or cyclic N) is 1. The van der Waals surface area contributed by atoms with E-state index in [-0.39, 0.29) is 36.1 Å². The minimum absolute atomic E-state index is 0.0427. The van der Waals surface area contributed by atoms with Crippen LogP contribution in [0.3, 0.4) is 0 Å². The van der Waals surface area contributed by atoms with Crippen molar-refractivity contribution in [2.45, 2.75) is 46.0 Å². The van der Waals surface area contributed by atoms with Gasteiger partial charge in [-0.15, -0.1) is 0 Å². The van der Waals surface area contributed by atoms with Crippen LogP contribution in [0, 0.1) is 5.41 Å². The molecule has 9 nitrogen and oxygen atoms in total. The number of rotatable bonds is 7. The van der Waals surface area contributed by atoms with Gasteiger partial charge in [0.05, 0.1) is 6.10 Å². The molecule has 1 unspecified atom stereocenters. The largest absolute Gasteiger partial charge is 0.392 e. The molecule has 2 fully saturated rings. The first-order valence-corrected chi connectivity index (χ1v) is 13.2. The van der Waals surface area contributed by atoms with Crippen molar-refractivity contribution in [3.8, 4) is 0 Å². The highest BCUT2D eigenvalue weighted by Gasteiger charge is 2.37. The second-order valence-corrected chi connectivity index (χ2v) is 11.5. The summed E-state index contributed by atoms with van der Waals surface area (Å²) in [7, 11) is 0. The van der Waals surface area contributed by atoms with Crippen LogP contribution in [0.4, 0.5) is 0 Å². The lowest BCUT2D eigenvalue weighted by Gasteiger charge is -2.45. The van der Waals surface area contributed by atoms with Crippen molar-refractivity contribution in [2.24, 2.45) is 5.41 Å². The summed E-state index contributed by atoms with van der Waals surface area (Å²) < 4.78 is 1.32. The van der Waals surface area contributed by atoms with E-state index in [4.69, 9.17) is 11.6 Å². The van der Waals surface area contributed by atoms with Crippen LogP contribution >= 0.6 is 11.6 Å². The maximum Gasteiger partial charge on any atom is 0.265 e. The van der Waals surface area contributed by atoms with Gasteiger partial charge in [-0.1, -0.05) is 37.6 Å². The Morgan fingerprint density at radius 3 is 2.58 bits per heavy atom. The second kappa shape index (κ2) is 10.5. The van der Waals surface area contributed by atoms with Crippen molar-refractivity contribution >= 4 is 34.4 Å². The summed E-state index contributed by atoms with van der Waals surface area (Å²) in [6, 6.07) is 10.5. The molecule has 3 aromatic rings. The molecule has 2 aliphatic rings. The number of pyridine rings is 2. The average Bonchev–Trinajstić information content (AvgIpc) is 3.28. The SMILES string of the molecule is CC1(C)CN(C(=O)Cn2c(=O)c(C(=O)NCc3ccc(Cl)cc3)cc3c(CN4CCC(O)C4)ccnc32)C1. The fraction of sp³-hybridized carbons (Fsp3) is 0.429. The first-order valence-electron chi connectivity index (χ1n) is 12.8. The molecular formula is C28H32ClN5O4. The van der Waals surface area contributed by atoms with E-state index in [1.807, 2.05) is 6.07 Å². The van der Waals surface area contributed by atoms with Crippen molar-refractivity contribution in [3.63, 3.8) is 0 Å². The van der Waals surface area contributed by atoms with Gasteiger partial charge < -0.3 is 15.3 Å². The van der Waals surface area contributed by atoms with E-state index in [1.165, 1.54) is 4.57 Å². The van der Waals surface area contributed by atoms with Crippen LogP contribution in [-0.2, 0) is 24.4 Å². The third-order valence-corrected chi connectivity index (χ3v) is 7.47. The summed E-state index contributed by atoms with van der Waals surface area (Å²) >= 11 is 5.96. The molecule has 4 heterocycles. The number of hydrogen-bond acceptors (Lipinski definition) is 6. The molecule has 0 spiro atoms. The van der Waals surface area contributed by atoms with Crippen LogP contribution in [0.2, 0.25) is 5.02 Å². The number of benzene rings is 1. The van der Waals surface area contributed by atoms with Crippen LogP contribution in [0.1, 0.15) is 41.8 Å². The summed E-state index contributed by atoms with van der Waals surface area (Å²) in [5, 5.41) is 14.0. The molecule has 2 aromatic heterocycles. The van der Waals surface area contributed by atoms with Crippen LogP contribution in [-0.4, -0.2) is 68.6 Å². The smallest absolute Gasteiger partial charge is 0.265 e. The zero-order valence-electron chi connectivity index (χ0n) is 21.6. The van der Waals surface area contributed by atoms with E-state index in [1.54, 1.807) is 41.4 Å². The molecule has 0 bridgehead atoms. The molecule has 2 N–H and O–H groups in total. The van der Waals surface area contributed by atoms with E-state index in [0.29, 0.717) is 48.7 Å². The van der Waals surface area contributed by atoms with Crippen LogP contribution in [0.5, 0.6) is 0 Å². The van der Waals surface area contributed by atoms with E-state index in [9.17, 15) is 19.5 Å². The monoisotopic (exact) mass is 537 g/mol. The number of likely N-dealkylation sites (tertiary alicyclic amines) is 2. The molecule has 1 aromatic carbocycles. The molecule has 2 amide bonds. The first kappa shape index (κ1) is 26.3. The highest BCUT2D eigenvalue weighted by molar-refractivity contribution is 6.30. The van der Waals surface area contributed by atoms with Gasteiger partial charge in [0.2, 0.25) is 5.91 Å². The number of aliphatic hydroxyl groups is 1. The molecule has 38 heavy (non-hydrogen) atoms. The lowest BCUT2D eigenvalue weighted by atomic mass is 9.84. The topological polar surface area (TPSA) is 108 Å². The number of aromatic nitrogens is 2. The molecule has 1 atom stereocenters. The number of carbonyl (C=O) groups is 2. The minimum Gasteiger partial charge on any atom is -0.392 e. The van der Waals surface area contributed by atoms with Crippen molar-refractivity contribution in [1.29, 1.82) is 0 Å². The normalized spacial score (nSPS) is 18.9. The number of fused-ring (bicyclic) bond motifs is 1. The van der Waals surface area contributed by atoms with Gasteiger partial charge >= 0.3 is 0 Å². The lowest BCUT2D eigenvalue weighted by molar-refractivity contribution is -0.142. The Labute approximate surface area is 226 Å². The van der Waals surface area contributed by atoms with Gasteiger partial charge in [-0.05, 0) is 47.2 Å². The Morgan fingerprint density at radius 2 is 1.92 bits per heavy atom. The third kappa shape index (κ3) is 5.60. The Balaban J connectivity index is 1.49. The molecule has 5 rings (SSSR count). The number of amides is 2. The third-order valence-electron chi connectivity index (χ3n) is 7.22. The van der Waals surface area contributed by atoms with E-state index in [2.05, 4.69) is 29.0 Å². The van der Waals surface area contributed by atoms with Crippen LogP contribution in [0.15, 0.2) is 47.4 Å². The predicted octanol–water partition coefficient (Wildman–Crippen LogP) is 2.41. The van der Waals surface area contributed by atoms with Gasteiger partial charge in [-0.25, -0.2) is 4.98 Å². The number of nitrogens with zero attached hydrogens (tertiary/aromatic N) is 4. The van der Waals surface area contributed by atoms with Crippen molar-refractivity contribution < 1.29 is 14.7 Å². The molecule has 0 aliphatic carbocycles. The van der Waals surface area contributed by atoms with Gasteiger partial charge in [0.25, 0.3) is 11.5 Å². The highest BCUT2D eigenvalue weighted by atomic mass is 35.5. The minimum atomic E-state index is -0.555. The van der Waals surface area contributed by atoms with Gasteiger partial charge in [0, 0.05) is 55.9 Å². The molecular weight excluding hydrogens is 506 g/mol. The summed E-state index contributed by atoms with van der Waals surface area (Å²) in [5.41, 5.74) is 1.54. The Hall–Kier alpha value is -3.27. The molecule has 2 saturated heterocycles. The summed E-state index contributed by atoms with van der Waals surface area (Å²) in [6.45, 7) is 7.30. The van der Waals surface area contributed by atoms with Crippen LogP contribution in [0.25, 0.3) is 11.0 Å². The summed E-state index contributed by atoms with van der Waals surface area (Å²) in [5.74, 6) is -0.703. The first-order chi connectivity index (χ1) is 18.1. The molecule has 200 valence electrons. The van der Waals surface area contributed by atoms with Gasteiger partial charge in [-0.3, -0.25) is 23.9 Å². The number of hydrogen-bond donors (Lipinski definition) is 2. The standard InChI is InChI=1S/C28H32ClN5O4/c1-28(2)16-33(17-28)24(36)15-34-25-22(19(7-9-30-25)13-32-10-8-21(35)14-32)11-23(27(34)38)26(37)31-12-18-3-5-20(29)6-4-18/h3-7,9,11,21,35H,8,10,12-17H2,1-2H3,(H,31,37). The van der Waals surface area contributed by atoms with Crippen molar-refractivity contribution in [2.75, 3.05) is 26.2 Å². The zero-order chi connectivity index (χ0) is 27.0. The molecule has 0 saturated carbocycles. The number of halogens is 1. The fourth-order valence-electron chi connectivity index (χ4n) is 5.24. The Morgan fingerprint density at radius 1 is 1.18 bits per heavy atom. The summed E-state index contributed by atoms with van der Waals surface area (Å²) in [6.07, 6.45) is 1.96. The van der Waals surface area contributed by atoms with E-state index < -0.39 is 11.5 Å². The zero-order valence-corrected chi connectivity index (χ0v) is 22.4. The molecule has 10 heteroatoms. The highest BCUT2D eigenvalue weighted by Crippen LogP contribution is 2.29. The Bertz CT molecular complexity index is 1430. The van der Waals surface area contributed by atoms with Crippen molar-refractivity contribution in [3.05, 3.63) is 74.7 Å². The second-order valence-electron chi connectivity index (χ2n) is 11.1. The number of carbonyl (C=O) groups excluding carboxylic acids is 2. The number of aliphatic hydroxyl groups excluding tert-OH is 1. The van der Waals surface area contributed by atoms with Crippen LogP contribution < -0.4 is 10.9 Å². The number of nitrogens with one attached hydrogen (secondary N) is 1. The van der Waals surface area contributed by atoms with Crippen molar-refractivity contribution in [1.82, 2.24) is 24.7 Å². The maximum absolute atomic E-state index is 13.6. The van der Waals surface area contributed by atoms with E-state index in [0.717, 1.165) is 17.7 Å². The van der Waals surface area contributed by atoms with Gasteiger partial charge in [0.1, 0.15) is 17.8 Å². The lowest BCUT2D eigenvalue weighted by Crippen LogP contribution is -2.56. The average molecular weight is 538 g/mol. The summed E-state index contributed by atoms with van der Waals surface area (Å²) in [4.78, 5) is 48.3. The predicted molar refractivity (Wildman–Crippen MR) is 145 cm³/mol. The van der Waals surface area contributed by atoms with Gasteiger partial charge in [-0.2, -0.15) is 0 Å². The Kier molecular flexibility index (Phi) is 7.26. The fourth-order valence-corrected chi connectivity index (χ4v) is 5.37.